The summed E-state index contributed by atoms with van der Waals surface area (Å²) < 4.78 is 14.4. The first kappa shape index (κ1) is 21.1. The van der Waals surface area contributed by atoms with Crippen molar-refractivity contribution < 1.29 is 9.47 Å². The Morgan fingerprint density at radius 1 is 0.541 bits per heavy atom. The van der Waals surface area contributed by atoms with Crippen LogP contribution in [0, 0.1) is 0 Å². The first-order valence-electron chi connectivity index (χ1n) is 12.1. The molecule has 0 atom stereocenters. The van der Waals surface area contributed by atoms with E-state index < -0.39 is 0 Å². The predicted molar refractivity (Wildman–Crippen MR) is 146 cm³/mol. The Morgan fingerprint density at radius 3 is 2.19 bits per heavy atom. The van der Waals surface area contributed by atoms with Crippen LogP contribution in [0.4, 0.5) is 0 Å². The minimum absolute atomic E-state index is 0.535. The monoisotopic (exact) mass is 479 g/mol. The Labute approximate surface area is 213 Å². The standard InChI is InChI=1S/C32H21N3O2/c1-2-9-22(10-3-1)30-21-34-32-28-20-25(16-17-26(28)27-13-4-5-14-29(27)35(30)32)36-23-11-8-12-24(19-23)37-31-15-6-7-18-33-31/h1-21H. The van der Waals surface area contributed by atoms with Gasteiger partial charge in [0.15, 0.2) is 0 Å². The van der Waals surface area contributed by atoms with E-state index >= 15 is 0 Å². The Bertz CT molecular complexity index is 1880. The Balaban J connectivity index is 1.33. The number of pyridine rings is 2. The predicted octanol–water partition coefficient (Wildman–Crippen LogP) is 8.29. The van der Waals surface area contributed by atoms with Crippen LogP contribution in [0.15, 0.2) is 128 Å². The average molecular weight is 480 g/mol. The van der Waals surface area contributed by atoms with Gasteiger partial charge in [0.2, 0.25) is 5.88 Å². The molecule has 0 spiro atoms. The van der Waals surface area contributed by atoms with E-state index in [2.05, 4.69) is 70.0 Å². The lowest BCUT2D eigenvalue weighted by atomic mass is 10.1. The van der Waals surface area contributed by atoms with Gasteiger partial charge < -0.3 is 9.47 Å². The average Bonchev–Trinajstić information content (AvgIpc) is 3.40. The van der Waals surface area contributed by atoms with Crippen LogP contribution in [0.25, 0.3) is 38.6 Å². The molecule has 0 fully saturated rings. The molecule has 0 bridgehead atoms. The van der Waals surface area contributed by atoms with Gasteiger partial charge in [-0.05, 0) is 47.9 Å². The van der Waals surface area contributed by atoms with E-state index in [-0.39, 0.29) is 0 Å². The molecular weight excluding hydrogens is 458 g/mol. The number of aromatic nitrogens is 3. The molecule has 0 saturated heterocycles. The Kier molecular flexibility index (Phi) is 5.03. The van der Waals surface area contributed by atoms with Crippen molar-refractivity contribution in [1.82, 2.24) is 14.4 Å². The first-order valence-corrected chi connectivity index (χ1v) is 12.1. The third kappa shape index (κ3) is 3.83. The fraction of sp³-hybridized carbons (Fsp3) is 0. The van der Waals surface area contributed by atoms with Gasteiger partial charge in [-0.25, -0.2) is 9.97 Å². The van der Waals surface area contributed by atoms with Gasteiger partial charge in [-0.3, -0.25) is 4.40 Å². The molecule has 7 aromatic rings. The molecule has 37 heavy (non-hydrogen) atoms. The SMILES string of the molecule is c1ccc(-c2cnc3c4cc(Oc5cccc(Oc6ccccn6)c5)ccc4c4ccccc4n23)cc1. The van der Waals surface area contributed by atoms with Crippen molar-refractivity contribution in [1.29, 1.82) is 0 Å². The van der Waals surface area contributed by atoms with Crippen molar-refractivity contribution in [2.24, 2.45) is 0 Å². The fourth-order valence-electron chi connectivity index (χ4n) is 4.77. The second-order valence-corrected chi connectivity index (χ2v) is 8.74. The summed E-state index contributed by atoms with van der Waals surface area (Å²) in [5, 5.41) is 3.32. The van der Waals surface area contributed by atoms with E-state index in [0.717, 1.165) is 44.3 Å². The third-order valence-electron chi connectivity index (χ3n) is 6.40. The van der Waals surface area contributed by atoms with E-state index in [0.29, 0.717) is 17.4 Å². The van der Waals surface area contributed by atoms with Gasteiger partial charge in [-0.2, -0.15) is 0 Å². The maximum absolute atomic E-state index is 6.28. The molecule has 176 valence electrons. The smallest absolute Gasteiger partial charge is 0.219 e. The third-order valence-corrected chi connectivity index (χ3v) is 6.40. The second-order valence-electron chi connectivity index (χ2n) is 8.74. The summed E-state index contributed by atoms with van der Waals surface area (Å²) >= 11 is 0. The molecule has 0 radical (unpaired) electrons. The summed E-state index contributed by atoms with van der Waals surface area (Å²) in [5.41, 5.74) is 4.19. The zero-order valence-corrected chi connectivity index (χ0v) is 19.8. The van der Waals surface area contributed by atoms with Gasteiger partial charge in [0.25, 0.3) is 0 Å². The molecule has 7 rings (SSSR count). The summed E-state index contributed by atoms with van der Waals surface area (Å²) in [5.74, 6) is 2.60. The van der Waals surface area contributed by atoms with E-state index in [1.165, 1.54) is 0 Å². The molecule has 0 aliphatic rings. The number of ether oxygens (including phenoxy) is 2. The number of imidazole rings is 1. The molecule has 3 aromatic heterocycles. The maximum Gasteiger partial charge on any atom is 0.219 e. The maximum atomic E-state index is 6.28. The summed E-state index contributed by atoms with van der Waals surface area (Å²) in [4.78, 5) is 9.09. The largest absolute Gasteiger partial charge is 0.457 e. The molecular formula is C32H21N3O2. The van der Waals surface area contributed by atoms with Gasteiger partial charge in [0.05, 0.1) is 17.4 Å². The Morgan fingerprint density at radius 2 is 1.32 bits per heavy atom. The van der Waals surface area contributed by atoms with Gasteiger partial charge in [-0.1, -0.05) is 60.7 Å². The van der Waals surface area contributed by atoms with Gasteiger partial charge >= 0.3 is 0 Å². The topological polar surface area (TPSA) is 48.7 Å². The van der Waals surface area contributed by atoms with Crippen LogP contribution in [0.2, 0.25) is 0 Å². The van der Waals surface area contributed by atoms with E-state index in [9.17, 15) is 0 Å². The molecule has 0 saturated carbocycles. The van der Waals surface area contributed by atoms with Crippen LogP contribution < -0.4 is 9.47 Å². The number of rotatable bonds is 5. The molecule has 0 unspecified atom stereocenters. The van der Waals surface area contributed by atoms with E-state index in [1.807, 2.05) is 60.8 Å². The minimum Gasteiger partial charge on any atom is -0.457 e. The van der Waals surface area contributed by atoms with Crippen molar-refractivity contribution in [2.45, 2.75) is 0 Å². The number of hydrogen-bond acceptors (Lipinski definition) is 4. The van der Waals surface area contributed by atoms with Crippen LogP contribution in [0.1, 0.15) is 0 Å². The minimum atomic E-state index is 0.535. The van der Waals surface area contributed by atoms with Crippen LogP contribution in [0.5, 0.6) is 23.1 Å². The first-order chi connectivity index (χ1) is 18.3. The lowest BCUT2D eigenvalue weighted by Crippen LogP contribution is -1.94. The second kappa shape index (κ2) is 8.81. The highest BCUT2D eigenvalue weighted by Crippen LogP contribution is 2.36. The zero-order chi connectivity index (χ0) is 24.6. The number of hydrogen-bond donors (Lipinski definition) is 0. The molecule has 4 aromatic carbocycles. The summed E-state index contributed by atoms with van der Waals surface area (Å²) in [6.07, 6.45) is 3.65. The van der Waals surface area contributed by atoms with Crippen molar-refractivity contribution in [3.05, 3.63) is 128 Å². The van der Waals surface area contributed by atoms with Gasteiger partial charge in [-0.15, -0.1) is 0 Å². The highest BCUT2D eigenvalue weighted by Gasteiger charge is 2.15. The van der Waals surface area contributed by atoms with Gasteiger partial charge in [0.1, 0.15) is 22.9 Å². The highest BCUT2D eigenvalue weighted by atomic mass is 16.5. The fourth-order valence-corrected chi connectivity index (χ4v) is 4.77. The molecule has 0 amide bonds. The highest BCUT2D eigenvalue weighted by molar-refractivity contribution is 6.12. The molecule has 0 aliphatic carbocycles. The van der Waals surface area contributed by atoms with E-state index in [4.69, 9.17) is 14.5 Å². The van der Waals surface area contributed by atoms with E-state index in [1.54, 1.807) is 6.20 Å². The lowest BCUT2D eigenvalue weighted by molar-refractivity contribution is 0.449. The number of benzene rings is 4. The number of para-hydroxylation sites is 1. The van der Waals surface area contributed by atoms with Crippen LogP contribution >= 0.6 is 0 Å². The number of nitrogens with zero attached hydrogens (tertiary/aromatic N) is 3. The molecule has 5 heteroatoms. The Hall–Kier alpha value is -5.16. The molecule has 3 heterocycles. The van der Waals surface area contributed by atoms with Crippen LogP contribution in [0.3, 0.4) is 0 Å². The quantitative estimate of drug-likeness (QED) is 0.233. The van der Waals surface area contributed by atoms with Crippen LogP contribution in [-0.2, 0) is 0 Å². The lowest BCUT2D eigenvalue weighted by Gasteiger charge is -2.13. The molecule has 5 nitrogen and oxygen atoms in total. The van der Waals surface area contributed by atoms with Gasteiger partial charge in [0, 0.05) is 34.7 Å². The van der Waals surface area contributed by atoms with Crippen molar-refractivity contribution in [3.8, 4) is 34.4 Å². The normalized spacial score (nSPS) is 11.2. The summed E-state index contributed by atoms with van der Waals surface area (Å²) in [6.45, 7) is 0. The molecule has 0 aliphatic heterocycles. The van der Waals surface area contributed by atoms with Crippen molar-refractivity contribution in [3.63, 3.8) is 0 Å². The summed E-state index contributed by atoms with van der Waals surface area (Å²) in [7, 11) is 0. The number of fused-ring (bicyclic) bond motifs is 6. The molecule has 0 N–H and O–H groups in total. The van der Waals surface area contributed by atoms with Crippen molar-refractivity contribution in [2.75, 3.05) is 0 Å². The van der Waals surface area contributed by atoms with Crippen molar-refractivity contribution >= 4 is 27.3 Å². The van der Waals surface area contributed by atoms with Crippen LogP contribution in [-0.4, -0.2) is 14.4 Å². The summed E-state index contributed by atoms with van der Waals surface area (Å²) in [6, 6.07) is 38.1. The zero-order valence-electron chi connectivity index (χ0n) is 19.8.